The van der Waals surface area contributed by atoms with Gasteiger partial charge in [0.1, 0.15) is 0 Å². The van der Waals surface area contributed by atoms with Gasteiger partial charge < -0.3 is 9.13 Å². The molecule has 0 fully saturated rings. The lowest BCUT2D eigenvalue weighted by Crippen LogP contribution is -1.95. The zero-order valence-electron chi connectivity index (χ0n) is 10.3. The van der Waals surface area contributed by atoms with Crippen molar-refractivity contribution in [2.75, 3.05) is 0 Å². The lowest BCUT2D eigenvalue weighted by atomic mass is 10.2. The Balaban J connectivity index is 0.000000169. The first-order valence-electron chi connectivity index (χ1n) is 5.76. The first-order valence-corrected chi connectivity index (χ1v) is 5.76. The summed E-state index contributed by atoms with van der Waals surface area (Å²) < 4.78 is 3.94. The summed E-state index contributed by atoms with van der Waals surface area (Å²) in [5.41, 5.74) is 1.30. The van der Waals surface area contributed by atoms with E-state index in [1.165, 1.54) is 5.56 Å². The highest BCUT2D eigenvalue weighted by atomic mass is 15.0. The van der Waals surface area contributed by atoms with Gasteiger partial charge in [0, 0.05) is 38.4 Å². The molecule has 3 aromatic rings. The van der Waals surface area contributed by atoms with Gasteiger partial charge in [0.05, 0.1) is 12.7 Å². The summed E-state index contributed by atoms with van der Waals surface area (Å²) in [5, 5.41) is 0. The quantitative estimate of drug-likeness (QED) is 0.689. The number of hydrogen-bond donors (Lipinski definition) is 0. The molecular weight excluding hydrogens is 224 g/mol. The van der Waals surface area contributed by atoms with Crippen LogP contribution in [0.4, 0.5) is 0 Å². The van der Waals surface area contributed by atoms with E-state index in [0.717, 1.165) is 6.54 Å². The number of rotatable bonds is 2. The average molecular weight is 240 g/mol. The van der Waals surface area contributed by atoms with E-state index < -0.39 is 0 Å². The van der Waals surface area contributed by atoms with E-state index in [0.29, 0.717) is 0 Å². The van der Waals surface area contributed by atoms with Gasteiger partial charge in [0.25, 0.3) is 0 Å². The molecule has 0 atom stereocenters. The topological polar surface area (TPSA) is 35.6 Å². The van der Waals surface area contributed by atoms with Gasteiger partial charge in [-0.2, -0.15) is 0 Å². The van der Waals surface area contributed by atoms with Gasteiger partial charge in [-0.25, -0.2) is 9.97 Å². The molecule has 0 radical (unpaired) electrons. The number of hydrogen-bond acceptors (Lipinski definition) is 2. The highest BCUT2D eigenvalue weighted by molar-refractivity contribution is 5.14. The third kappa shape index (κ3) is 3.90. The molecule has 0 aliphatic carbocycles. The summed E-state index contributed by atoms with van der Waals surface area (Å²) in [6.07, 6.45) is 11.0. The minimum absolute atomic E-state index is 0.904. The first kappa shape index (κ1) is 12.1. The summed E-state index contributed by atoms with van der Waals surface area (Å²) in [6.45, 7) is 0.904. The normalized spacial score (nSPS) is 9.61. The Kier molecular flexibility index (Phi) is 4.30. The second kappa shape index (κ2) is 6.39. The van der Waals surface area contributed by atoms with Gasteiger partial charge in [-0.15, -0.1) is 0 Å². The lowest BCUT2D eigenvalue weighted by Gasteiger charge is -2.00. The smallest absolute Gasteiger partial charge is 0.0949 e. The molecule has 0 spiro atoms. The fourth-order valence-electron chi connectivity index (χ4n) is 1.50. The van der Waals surface area contributed by atoms with Crippen LogP contribution in [-0.4, -0.2) is 19.1 Å². The van der Waals surface area contributed by atoms with Crippen LogP contribution >= 0.6 is 0 Å². The molecule has 0 N–H and O–H groups in total. The maximum Gasteiger partial charge on any atom is 0.0949 e. The summed E-state index contributed by atoms with van der Waals surface area (Å²) >= 11 is 0. The highest BCUT2D eigenvalue weighted by Gasteiger charge is 1.91. The number of aryl methyl sites for hydroxylation is 1. The van der Waals surface area contributed by atoms with Crippen LogP contribution in [0, 0.1) is 0 Å². The third-order valence-electron chi connectivity index (χ3n) is 2.40. The SMILES string of the molecule is Cn1ccnc1.c1ccc(Cn2ccnc2)cc1. The summed E-state index contributed by atoms with van der Waals surface area (Å²) in [4.78, 5) is 7.77. The maximum atomic E-state index is 3.98. The van der Waals surface area contributed by atoms with Crippen molar-refractivity contribution in [2.45, 2.75) is 6.54 Å². The fourth-order valence-corrected chi connectivity index (χ4v) is 1.50. The molecule has 0 bridgehead atoms. The van der Waals surface area contributed by atoms with E-state index in [-0.39, 0.29) is 0 Å². The van der Waals surface area contributed by atoms with E-state index in [4.69, 9.17) is 0 Å². The van der Waals surface area contributed by atoms with Crippen molar-refractivity contribution in [3.63, 3.8) is 0 Å². The van der Waals surface area contributed by atoms with Gasteiger partial charge in [0.2, 0.25) is 0 Å². The number of imidazole rings is 2. The molecule has 0 aliphatic heterocycles. The van der Waals surface area contributed by atoms with Crippen molar-refractivity contribution < 1.29 is 0 Å². The van der Waals surface area contributed by atoms with Crippen molar-refractivity contribution >= 4 is 0 Å². The Morgan fingerprint density at radius 1 is 0.944 bits per heavy atom. The van der Waals surface area contributed by atoms with Crippen molar-refractivity contribution in [1.82, 2.24) is 19.1 Å². The van der Waals surface area contributed by atoms with Crippen molar-refractivity contribution in [3.05, 3.63) is 73.3 Å². The fraction of sp³-hybridized carbons (Fsp3) is 0.143. The van der Waals surface area contributed by atoms with Crippen LogP contribution < -0.4 is 0 Å². The molecule has 0 aliphatic rings. The van der Waals surface area contributed by atoms with Gasteiger partial charge in [-0.3, -0.25) is 0 Å². The zero-order valence-corrected chi connectivity index (χ0v) is 10.3. The van der Waals surface area contributed by atoms with Gasteiger partial charge in [-0.1, -0.05) is 30.3 Å². The summed E-state index contributed by atoms with van der Waals surface area (Å²) in [6, 6.07) is 10.3. The van der Waals surface area contributed by atoms with Crippen molar-refractivity contribution in [2.24, 2.45) is 7.05 Å². The van der Waals surface area contributed by atoms with Gasteiger partial charge >= 0.3 is 0 Å². The van der Waals surface area contributed by atoms with Crippen LogP contribution in [0.1, 0.15) is 5.56 Å². The van der Waals surface area contributed by atoms with E-state index in [9.17, 15) is 0 Å². The lowest BCUT2D eigenvalue weighted by molar-refractivity contribution is 0.797. The van der Waals surface area contributed by atoms with Crippen LogP contribution in [-0.2, 0) is 13.6 Å². The van der Waals surface area contributed by atoms with Crippen LogP contribution in [0.2, 0.25) is 0 Å². The van der Waals surface area contributed by atoms with E-state index in [1.54, 1.807) is 18.7 Å². The van der Waals surface area contributed by atoms with E-state index in [1.807, 2.05) is 48.5 Å². The van der Waals surface area contributed by atoms with Crippen LogP contribution in [0.5, 0.6) is 0 Å². The van der Waals surface area contributed by atoms with Crippen LogP contribution in [0.15, 0.2) is 67.8 Å². The summed E-state index contributed by atoms with van der Waals surface area (Å²) in [7, 11) is 1.94. The second-order valence-corrected chi connectivity index (χ2v) is 3.95. The van der Waals surface area contributed by atoms with E-state index in [2.05, 4.69) is 26.7 Å². The first-order chi connectivity index (χ1) is 8.84. The Bertz CT molecular complexity index is 526. The molecule has 2 aromatic heterocycles. The Labute approximate surface area is 107 Å². The molecule has 0 saturated carbocycles. The van der Waals surface area contributed by atoms with Crippen molar-refractivity contribution in [3.8, 4) is 0 Å². The van der Waals surface area contributed by atoms with E-state index >= 15 is 0 Å². The second-order valence-electron chi connectivity index (χ2n) is 3.95. The maximum absolute atomic E-state index is 3.98. The third-order valence-corrected chi connectivity index (χ3v) is 2.40. The number of aromatic nitrogens is 4. The molecular formula is C14H16N4. The Morgan fingerprint density at radius 2 is 1.67 bits per heavy atom. The molecule has 4 nitrogen and oxygen atoms in total. The monoisotopic (exact) mass is 240 g/mol. The molecule has 0 saturated heterocycles. The summed E-state index contributed by atoms with van der Waals surface area (Å²) in [5.74, 6) is 0. The Hall–Kier alpha value is -2.36. The molecule has 0 amide bonds. The molecule has 3 rings (SSSR count). The molecule has 0 unspecified atom stereocenters. The Morgan fingerprint density at radius 3 is 2.17 bits per heavy atom. The molecule has 2 heterocycles. The average Bonchev–Trinajstić information content (AvgIpc) is 3.05. The predicted molar refractivity (Wildman–Crippen MR) is 71.0 cm³/mol. The van der Waals surface area contributed by atoms with Gasteiger partial charge in [0.15, 0.2) is 0 Å². The standard InChI is InChI=1S/C10H10N2.C4H6N2/c1-2-4-10(5-3-1)8-12-7-6-11-9-12;1-6-3-2-5-4-6/h1-7,9H,8H2;2-4H,1H3. The largest absolute Gasteiger partial charge is 0.341 e. The minimum atomic E-state index is 0.904. The molecule has 92 valence electrons. The number of nitrogens with zero attached hydrogens (tertiary/aromatic N) is 4. The molecule has 4 heteroatoms. The van der Waals surface area contributed by atoms with Crippen LogP contribution in [0.25, 0.3) is 0 Å². The number of benzene rings is 1. The van der Waals surface area contributed by atoms with Gasteiger partial charge in [-0.05, 0) is 5.56 Å². The minimum Gasteiger partial charge on any atom is -0.341 e. The molecule has 1 aromatic carbocycles. The van der Waals surface area contributed by atoms with Crippen LogP contribution in [0.3, 0.4) is 0 Å². The molecule has 18 heavy (non-hydrogen) atoms. The van der Waals surface area contributed by atoms with Crippen molar-refractivity contribution in [1.29, 1.82) is 0 Å². The zero-order chi connectivity index (χ0) is 12.6. The predicted octanol–water partition coefficient (Wildman–Crippen LogP) is 2.35. The highest BCUT2D eigenvalue weighted by Crippen LogP contribution is 2.00.